The van der Waals surface area contributed by atoms with E-state index in [9.17, 15) is 0 Å². The van der Waals surface area contributed by atoms with Gasteiger partial charge in [0.25, 0.3) is 0 Å². The maximum atomic E-state index is 6.24. The van der Waals surface area contributed by atoms with Gasteiger partial charge in [0, 0.05) is 50.8 Å². The Hall–Kier alpha value is -8.21. The first-order chi connectivity index (χ1) is 31.5. The first kappa shape index (κ1) is 37.5. The summed E-state index contributed by atoms with van der Waals surface area (Å²) in [5.41, 5.74) is 20.4. The van der Waals surface area contributed by atoms with Crippen molar-refractivity contribution in [3.05, 3.63) is 224 Å². The minimum absolute atomic E-state index is 0.154. The third-order valence-electron chi connectivity index (χ3n) is 13.0. The monoisotopic (exact) mass is 819 g/mol. The van der Waals surface area contributed by atoms with Crippen LogP contribution in [-0.2, 0) is 5.41 Å². The Morgan fingerprint density at radius 3 is 1.81 bits per heavy atom. The first-order valence-corrected chi connectivity index (χ1v) is 21.8. The number of furan rings is 1. The van der Waals surface area contributed by atoms with Crippen molar-refractivity contribution in [2.75, 3.05) is 0 Å². The summed E-state index contributed by atoms with van der Waals surface area (Å²) in [6, 6.07) is 71.0. The molecule has 8 aromatic carbocycles. The van der Waals surface area contributed by atoms with Crippen molar-refractivity contribution in [3.8, 4) is 89.5 Å². The van der Waals surface area contributed by atoms with Gasteiger partial charge in [0.1, 0.15) is 11.2 Å². The number of hydrogen-bond acceptors (Lipinski definition) is 4. The summed E-state index contributed by atoms with van der Waals surface area (Å²) in [6.07, 6.45) is 3.84. The molecule has 3 heterocycles. The number of fused-ring (bicyclic) bond motifs is 6. The van der Waals surface area contributed by atoms with Crippen LogP contribution in [0.25, 0.3) is 111 Å². The maximum Gasteiger partial charge on any atom is 0.160 e. The van der Waals surface area contributed by atoms with Gasteiger partial charge >= 0.3 is 0 Å². The van der Waals surface area contributed by atoms with Gasteiger partial charge in [-0.3, -0.25) is 4.98 Å². The minimum Gasteiger partial charge on any atom is -0.456 e. The molecule has 0 aliphatic heterocycles. The molecule has 302 valence electrons. The maximum absolute atomic E-state index is 6.24. The molecule has 0 radical (unpaired) electrons. The molecule has 0 atom stereocenters. The van der Waals surface area contributed by atoms with Gasteiger partial charge in [-0.25, -0.2) is 9.97 Å². The number of aromatic nitrogens is 3. The summed E-state index contributed by atoms with van der Waals surface area (Å²) in [5.74, 6) is 0.665. The second kappa shape index (κ2) is 15.0. The van der Waals surface area contributed by atoms with E-state index in [0.29, 0.717) is 5.82 Å². The summed E-state index contributed by atoms with van der Waals surface area (Å²) in [7, 11) is 0. The Morgan fingerprint density at radius 1 is 0.375 bits per heavy atom. The molecule has 0 spiro atoms. The van der Waals surface area contributed by atoms with E-state index in [2.05, 4.69) is 183 Å². The van der Waals surface area contributed by atoms with Crippen LogP contribution in [0.1, 0.15) is 25.0 Å². The van der Waals surface area contributed by atoms with Crippen LogP contribution in [0.5, 0.6) is 0 Å². The molecule has 0 bridgehead atoms. The van der Waals surface area contributed by atoms with Crippen LogP contribution in [-0.4, -0.2) is 15.0 Å². The van der Waals surface area contributed by atoms with Crippen molar-refractivity contribution >= 4 is 21.9 Å². The summed E-state index contributed by atoms with van der Waals surface area (Å²) in [6.45, 7) is 4.67. The van der Waals surface area contributed by atoms with Gasteiger partial charge < -0.3 is 4.42 Å². The molecule has 12 rings (SSSR count). The second-order valence-corrected chi connectivity index (χ2v) is 17.2. The topological polar surface area (TPSA) is 51.8 Å². The van der Waals surface area contributed by atoms with E-state index in [4.69, 9.17) is 14.4 Å². The fourth-order valence-electron chi connectivity index (χ4n) is 9.87. The third-order valence-corrected chi connectivity index (χ3v) is 13.0. The van der Waals surface area contributed by atoms with Crippen molar-refractivity contribution in [1.82, 2.24) is 15.0 Å². The molecule has 0 amide bonds. The number of pyridine rings is 1. The normalized spacial score (nSPS) is 12.7. The minimum atomic E-state index is -0.154. The van der Waals surface area contributed by atoms with E-state index in [0.717, 1.165) is 89.0 Å². The zero-order valence-electron chi connectivity index (χ0n) is 35.5. The largest absolute Gasteiger partial charge is 0.456 e. The fraction of sp³-hybridized carbons (Fsp3) is 0.0500. The molecule has 4 heteroatoms. The smallest absolute Gasteiger partial charge is 0.160 e. The second-order valence-electron chi connectivity index (χ2n) is 17.2. The van der Waals surface area contributed by atoms with E-state index in [1.807, 2.05) is 48.8 Å². The molecule has 0 saturated carbocycles. The lowest BCUT2D eigenvalue weighted by atomic mass is 9.80. The molecule has 0 unspecified atom stereocenters. The molecule has 1 aliphatic carbocycles. The van der Waals surface area contributed by atoms with Crippen LogP contribution in [0, 0.1) is 0 Å². The van der Waals surface area contributed by atoms with E-state index in [1.165, 1.54) is 27.8 Å². The zero-order chi connectivity index (χ0) is 42.8. The van der Waals surface area contributed by atoms with Crippen molar-refractivity contribution in [1.29, 1.82) is 0 Å². The van der Waals surface area contributed by atoms with E-state index in [-0.39, 0.29) is 5.41 Å². The molecule has 0 saturated heterocycles. The lowest BCUT2D eigenvalue weighted by Crippen LogP contribution is -2.14. The Balaban J connectivity index is 1.09. The molecule has 1 aliphatic rings. The highest BCUT2D eigenvalue weighted by Gasteiger charge is 2.38. The Bertz CT molecular complexity index is 3570. The van der Waals surface area contributed by atoms with Crippen molar-refractivity contribution in [2.45, 2.75) is 19.3 Å². The molecule has 0 fully saturated rings. The number of nitrogens with zero attached hydrogens (tertiary/aromatic N) is 3. The summed E-state index contributed by atoms with van der Waals surface area (Å²) >= 11 is 0. The Morgan fingerprint density at radius 2 is 1.02 bits per heavy atom. The van der Waals surface area contributed by atoms with Gasteiger partial charge in [-0.05, 0) is 110 Å². The van der Waals surface area contributed by atoms with Crippen LogP contribution in [0.15, 0.2) is 217 Å². The quantitative estimate of drug-likeness (QED) is 0.161. The molecular weight excluding hydrogens is 779 g/mol. The van der Waals surface area contributed by atoms with E-state index in [1.54, 1.807) is 0 Å². The molecule has 11 aromatic rings. The predicted molar refractivity (Wildman–Crippen MR) is 263 cm³/mol. The van der Waals surface area contributed by atoms with Gasteiger partial charge in [0.2, 0.25) is 0 Å². The molecular formula is C60H41N3O. The van der Waals surface area contributed by atoms with Gasteiger partial charge in [0.15, 0.2) is 5.82 Å². The van der Waals surface area contributed by atoms with Crippen LogP contribution in [0.3, 0.4) is 0 Å². The van der Waals surface area contributed by atoms with Crippen molar-refractivity contribution in [2.24, 2.45) is 0 Å². The van der Waals surface area contributed by atoms with Crippen LogP contribution >= 0.6 is 0 Å². The Labute approximate surface area is 372 Å². The standard InChI is InChI=1S/C60H41N3O/c1-60(2)51-25-13-11-24-49(51)58-52(60)29-28-48(57(58)41-20-15-31-61-37-41)45-21-9-10-22-46(45)54-36-53(62-59(63-54)39-18-7-4-8-19-39)44-33-42(38-16-5-3-6-17-38)32-43(34-44)40-27-30-56-50(35-40)47-23-12-14-26-55(47)64-56/h3-37H,1-2H3. The van der Waals surface area contributed by atoms with E-state index >= 15 is 0 Å². The first-order valence-electron chi connectivity index (χ1n) is 21.8. The summed E-state index contributed by atoms with van der Waals surface area (Å²) < 4.78 is 6.24. The number of para-hydroxylation sites is 1. The highest BCUT2D eigenvalue weighted by atomic mass is 16.3. The molecule has 64 heavy (non-hydrogen) atoms. The Kier molecular flexibility index (Phi) is 8.80. The molecule has 3 aromatic heterocycles. The molecule has 0 N–H and O–H groups in total. The summed E-state index contributed by atoms with van der Waals surface area (Å²) in [5, 5.41) is 2.20. The van der Waals surface area contributed by atoms with Crippen LogP contribution < -0.4 is 0 Å². The fourth-order valence-corrected chi connectivity index (χ4v) is 9.87. The molecule has 4 nitrogen and oxygen atoms in total. The average molecular weight is 820 g/mol. The third kappa shape index (κ3) is 6.26. The van der Waals surface area contributed by atoms with Gasteiger partial charge in [-0.15, -0.1) is 0 Å². The SMILES string of the molecule is CC1(C)c2ccccc2-c2c1ccc(-c1ccccc1-c1cc(-c3cc(-c4ccccc4)cc(-c4ccc5oc6ccccc6c5c4)c3)nc(-c3ccccc3)n1)c2-c1cccnc1. The van der Waals surface area contributed by atoms with Crippen molar-refractivity contribution < 1.29 is 4.42 Å². The number of benzene rings is 8. The van der Waals surface area contributed by atoms with Gasteiger partial charge in [-0.2, -0.15) is 0 Å². The number of rotatable bonds is 7. The van der Waals surface area contributed by atoms with Gasteiger partial charge in [0.05, 0.1) is 11.4 Å². The average Bonchev–Trinajstić information content (AvgIpc) is 3.85. The highest BCUT2D eigenvalue weighted by molar-refractivity contribution is 6.07. The predicted octanol–water partition coefficient (Wildman–Crippen LogP) is 15.7. The lowest BCUT2D eigenvalue weighted by molar-refractivity contribution is 0.660. The highest BCUT2D eigenvalue weighted by Crippen LogP contribution is 2.55. The lowest BCUT2D eigenvalue weighted by Gasteiger charge is -2.23. The van der Waals surface area contributed by atoms with Crippen LogP contribution in [0.2, 0.25) is 0 Å². The van der Waals surface area contributed by atoms with Crippen LogP contribution in [0.4, 0.5) is 0 Å². The van der Waals surface area contributed by atoms with Crippen molar-refractivity contribution in [3.63, 3.8) is 0 Å². The zero-order valence-corrected chi connectivity index (χ0v) is 35.5. The van der Waals surface area contributed by atoms with Gasteiger partial charge in [-0.1, -0.05) is 166 Å². The number of hydrogen-bond donors (Lipinski definition) is 0. The summed E-state index contributed by atoms with van der Waals surface area (Å²) in [4.78, 5) is 15.4. The van der Waals surface area contributed by atoms with E-state index < -0.39 is 0 Å².